The van der Waals surface area contributed by atoms with Gasteiger partial charge in [0.15, 0.2) is 0 Å². The summed E-state index contributed by atoms with van der Waals surface area (Å²) in [6.45, 7) is 12.0. The summed E-state index contributed by atoms with van der Waals surface area (Å²) >= 11 is 0. The van der Waals surface area contributed by atoms with Crippen LogP contribution >= 0.6 is 0 Å². The molecule has 33 heavy (non-hydrogen) atoms. The molecule has 4 rings (SSSR count). The Morgan fingerprint density at radius 2 is 1.73 bits per heavy atom. The summed E-state index contributed by atoms with van der Waals surface area (Å²) < 4.78 is 12.0. The summed E-state index contributed by atoms with van der Waals surface area (Å²) in [6, 6.07) is 0. The van der Waals surface area contributed by atoms with Crippen LogP contribution in [0, 0.1) is 39.9 Å². The van der Waals surface area contributed by atoms with Crippen molar-refractivity contribution in [2.24, 2.45) is 39.9 Å². The van der Waals surface area contributed by atoms with Crippen LogP contribution in [0.15, 0.2) is 0 Å². The minimum Gasteiger partial charge on any atom is -0.458 e. The first kappa shape index (κ1) is 25.0. The molecule has 4 saturated carbocycles. The van der Waals surface area contributed by atoms with Crippen molar-refractivity contribution in [1.82, 2.24) is 0 Å². The van der Waals surface area contributed by atoms with Gasteiger partial charge in [-0.1, -0.05) is 34.6 Å². The minimum atomic E-state index is -0.967. The van der Waals surface area contributed by atoms with Gasteiger partial charge in [0.05, 0.1) is 12.2 Å². The van der Waals surface area contributed by atoms with Crippen molar-refractivity contribution in [3.63, 3.8) is 0 Å². The minimum absolute atomic E-state index is 0.0302. The maximum atomic E-state index is 12.7. The van der Waals surface area contributed by atoms with E-state index in [-0.39, 0.29) is 46.6 Å². The van der Waals surface area contributed by atoms with Crippen LogP contribution < -0.4 is 0 Å². The number of aliphatic hydroxyl groups is 2. The number of fused-ring (bicyclic) bond motifs is 3. The quantitative estimate of drug-likeness (QED) is 0.591. The second-order valence-corrected chi connectivity index (χ2v) is 13.1. The fourth-order valence-corrected chi connectivity index (χ4v) is 9.18. The fourth-order valence-electron chi connectivity index (χ4n) is 9.18. The maximum Gasteiger partial charge on any atom is 0.306 e. The van der Waals surface area contributed by atoms with Gasteiger partial charge in [-0.3, -0.25) is 9.59 Å². The van der Waals surface area contributed by atoms with Crippen molar-refractivity contribution < 1.29 is 29.3 Å². The van der Waals surface area contributed by atoms with E-state index in [1.54, 1.807) is 0 Å². The molecular formula is C27H44O6. The number of carbonyl (C=O) groups is 2. The largest absolute Gasteiger partial charge is 0.458 e. The highest BCUT2D eigenvalue weighted by molar-refractivity contribution is 5.70. The van der Waals surface area contributed by atoms with Crippen LogP contribution in [-0.4, -0.2) is 46.6 Å². The molecule has 2 unspecified atom stereocenters. The number of esters is 2. The molecule has 4 aliphatic carbocycles. The Labute approximate surface area is 198 Å². The average Bonchev–Trinajstić information content (AvgIpc) is 2.89. The predicted molar refractivity (Wildman–Crippen MR) is 124 cm³/mol. The van der Waals surface area contributed by atoms with Crippen molar-refractivity contribution in [2.75, 3.05) is 6.61 Å². The van der Waals surface area contributed by atoms with Crippen LogP contribution in [0.25, 0.3) is 0 Å². The summed E-state index contributed by atoms with van der Waals surface area (Å²) in [6.07, 6.45) is 5.72. The third kappa shape index (κ3) is 3.93. The molecule has 4 aliphatic rings. The van der Waals surface area contributed by atoms with Gasteiger partial charge >= 0.3 is 11.9 Å². The summed E-state index contributed by atoms with van der Waals surface area (Å²) in [5.74, 6) is 0.526. The van der Waals surface area contributed by atoms with E-state index in [0.29, 0.717) is 31.1 Å². The van der Waals surface area contributed by atoms with E-state index in [0.717, 1.165) is 32.1 Å². The molecule has 188 valence electrons. The highest BCUT2D eigenvalue weighted by Crippen LogP contribution is 2.73. The van der Waals surface area contributed by atoms with Gasteiger partial charge in [-0.05, 0) is 79.4 Å². The van der Waals surface area contributed by atoms with Crippen molar-refractivity contribution >= 4 is 11.9 Å². The lowest BCUT2D eigenvalue weighted by atomic mass is 9.40. The van der Waals surface area contributed by atoms with Crippen molar-refractivity contribution in [1.29, 1.82) is 0 Å². The number of aliphatic hydroxyl groups excluding tert-OH is 1. The van der Waals surface area contributed by atoms with E-state index in [1.807, 2.05) is 13.8 Å². The third-order valence-electron chi connectivity index (χ3n) is 10.2. The first-order valence-electron chi connectivity index (χ1n) is 13.0. The average molecular weight is 465 g/mol. The molecule has 0 radical (unpaired) electrons. The van der Waals surface area contributed by atoms with Crippen LogP contribution in [0.1, 0.15) is 92.9 Å². The van der Waals surface area contributed by atoms with Gasteiger partial charge in [-0.15, -0.1) is 0 Å². The van der Waals surface area contributed by atoms with Crippen LogP contribution in [0.3, 0.4) is 0 Å². The molecule has 0 amide bonds. The van der Waals surface area contributed by atoms with Crippen LogP contribution in [-0.2, 0) is 19.1 Å². The third-order valence-corrected chi connectivity index (χ3v) is 10.2. The van der Waals surface area contributed by atoms with E-state index in [4.69, 9.17) is 9.47 Å². The normalized spacial score (nSPS) is 45.8. The number of ether oxygens (including phenoxy) is 2. The number of rotatable bonds is 5. The summed E-state index contributed by atoms with van der Waals surface area (Å²) in [5, 5.41) is 21.2. The van der Waals surface area contributed by atoms with Crippen LogP contribution in [0.5, 0.6) is 0 Å². The van der Waals surface area contributed by atoms with E-state index >= 15 is 0 Å². The molecule has 1 spiro atoms. The van der Waals surface area contributed by atoms with Crippen LogP contribution in [0.4, 0.5) is 0 Å². The first-order valence-corrected chi connectivity index (χ1v) is 13.0. The van der Waals surface area contributed by atoms with Crippen LogP contribution in [0.2, 0.25) is 0 Å². The van der Waals surface area contributed by atoms with Crippen molar-refractivity contribution in [3.05, 3.63) is 0 Å². The lowest BCUT2D eigenvalue weighted by Gasteiger charge is -2.66. The molecular weight excluding hydrogens is 420 g/mol. The highest BCUT2D eigenvalue weighted by atomic mass is 16.6. The van der Waals surface area contributed by atoms with Crippen molar-refractivity contribution in [3.8, 4) is 0 Å². The molecule has 0 aromatic carbocycles. The number of hydrogen-bond donors (Lipinski definition) is 2. The first-order chi connectivity index (χ1) is 15.3. The molecule has 0 aromatic rings. The van der Waals surface area contributed by atoms with Gasteiger partial charge in [0.25, 0.3) is 0 Å². The molecule has 6 nitrogen and oxygen atoms in total. The van der Waals surface area contributed by atoms with E-state index in [2.05, 4.69) is 20.8 Å². The molecule has 0 aromatic heterocycles. The summed E-state index contributed by atoms with van der Waals surface area (Å²) in [5.41, 5.74) is -1.37. The molecule has 6 heteroatoms. The number of hydrogen-bond acceptors (Lipinski definition) is 6. The monoisotopic (exact) mass is 464 g/mol. The Morgan fingerprint density at radius 3 is 2.33 bits per heavy atom. The fraction of sp³-hybridized carbons (Fsp3) is 0.926. The van der Waals surface area contributed by atoms with E-state index in [1.165, 1.54) is 6.92 Å². The number of carbonyl (C=O) groups excluding carboxylic acids is 2. The van der Waals surface area contributed by atoms with Gasteiger partial charge in [0.1, 0.15) is 12.2 Å². The lowest BCUT2D eigenvalue weighted by molar-refractivity contribution is -0.236. The molecule has 0 heterocycles. The molecule has 0 aliphatic heterocycles. The smallest absolute Gasteiger partial charge is 0.306 e. The van der Waals surface area contributed by atoms with Gasteiger partial charge < -0.3 is 19.7 Å². The summed E-state index contributed by atoms with van der Waals surface area (Å²) in [4.78, 5) is 24.8. The van der Waals surface area contributed by atoms with Crippen molar-refractivity contribution in [2.45, 2.75) is 111 Å². The summed E-state index contributed by atoms with van der Waals surface area (Å²) in [7, 11) is 0. The molecule has 8 atom stereocenters. The second kappa shape index (κ2) is 8.22. The molecule has 2 bridgehead atoms. The van der Waals surface area contributed by atoms with E-state index in [9.17, 15) is 19.8 Å². The Kier molecular flexibility index (Phi) is 6.22. The Morgan fingerprint density at radius 1 is 1.03 bits per heavy atom. The standard InChI is InChI=1S/C27H44O6/c1-16(2)11-22(30)33-19-13-25(6)20(24(4,5)23(19)32-17(3)29)9-10-26-12-18(7-8-21(25)26)27(31,14-26)15-28/h16,18-21,23,28,31H,7-15H2,1-6H3/t18-,19-,20?,21?,23-,25+,26+,27+/m1/s1. The van der Waals surface area contributed by atoms with E-state index < -0.39 is 17.8 Å². The Balaban J connectivity index is 1.69. The Hall–Kier alpha value is -1.14. The highest BCUT2D eigenvalue weighted by Gasteiger charge is 2.69. The lowest BCUT2D eigenvalue weighted by Crippen LogP contribution is -2.64. The zero-order valence-electron chi connectivity index (χ0n) is 21.4. The topological polar surface area (TPSA) is 93.1 Å². The SMILES string of the molecule is CC(=O)O[C@@H]1[C@H](OC(=O)CC(C)C)C[C@@]2(C)C(CC[C@@]34C[C@@H](CCC32)[C@@](O)(CO)C4)C1(C)C. The zero-order valence-corrected chi connectivity index (χ0v) is 21.4. The predicted octanol–water partition coefficient (Wildman–Crippen LogP) is 4.25. The van der Waals surface area contributed by atoms with Gasteiger partial charge in [-0.2, -0.15) is 0 Å². The van der Waals surface area contributed by atoms with Gasteiger partial charge in [-0.25, -0.2) is 0 Å². The zero-order chi connectivity index (χ0) is 24.4. The van der Waals surface area contributed by atoms with Gasteiger partial charge in [0, 0.05) is 18.8 Å². The second-order valence-electron chi connectivity index (χ2n) is 13.1. The molecule has 2 N–H and O–H groups in total. The maximum absolute atomic E-state index is 12.7. The molecule has 4 fully saturated rings. The van der Waals surface area contributed by atoms with Gasteiger partial charge in [0.2, 0.25) is 0 Å². The Bertz CT molecular complexity index is 791. The molecule has 0 saturated heterocycles.